The van der Waals surface area contributed by atoms with Gasteiger partial charge in [-0.05, 0) is 19.4 Å². The summed E-state index contributed by atoms with van der Waals surface area (Å²) in [6, 6.07) is 10.3. The van der Waals surface area contributed by atoms with Gasteiger partial charge in [-0.15, -0.1) is 0 Å². The van der Waals surface area contributed by atoms with E-state index >= 15 is 0 Å². The quantitative estimate of drug-likeness (QED) is 0.690. The number of nitrogens with zero attached hydrogens (tertiary/aromatic N) is 1. The first kappa shape index (κ1) is 8.45. The molecule has 0 fully saturated rings. The van der Waals surface area contributed by atoms with Gasteiger partial charge in [-0.1, -0.05) is 30.3 Å². The molecule has 2 rings (SSSR count). The summed E-state index contributed by atoms with van der Waals surface area (Å²) < 4.78 is 0. The Kier molecular flexibility index (Phi) is 1.93. The van der Waals surface area contributed by atoms with Crippen LogP contribution in [0.3, 0.4) is 0 Å². The molecule has 1 aliphatic heterocycles. The smallest absolute Gasteiger partial charge is 0.105 e. The molecule has 2 nitrogen and oxygen atoms in total. The Morgan fingerprint density at radius 3 is 2.46 bits per heavy atom. The molecular weight excluding hydrogens is 160 g/mol. The van der Waals surface area contributed by atoms with Crippen molar-refractivity contribution < 1.29 is 0 Å². The van der Waals surface area contributed by atoms with Crippen LogP contribution < -0.4 is 5.32 Å². The largest absolute Gasteiger partial charge is 0.288 e. The van der Waals surface area contributed by atoms with Gasteiger partial charge in [0.05, 0.1) is 5.71 Å². The molecule has 1 heterocycles. The summed E-state index contributed by atoms with van der Waals surface area (Å²) in [4.78, 5) is 4.60. The van der Waals surface area contributed by atoms with E-state index in [-0.39, 0.29) is 5.66 Å². The van der Waals surface area contributed by atoms with Crippen molar-refractivity contribution in [3.63, 3.8) is 0 Å². The van der Waals surface area contributed by atoms with Crippen molar-refractivity contribution in [2.45, 2.75) is 19.5 Å². The molecular formula is C11H14N2. The molecule has 1 aromatic rings. The van der Waals surface area contributed by atoms with Crippen molar-refractivity contribution >= 4 is 5.71 Å². The zero-order valence-corrected chi connectivity index (χ0v) is 8.04. The van der Waals surface area contributed by atoms with E-state index in [9.17, 15) is 0 Å². The first-order valence-corrected chi connectivity index (χ1v) is 4.57. The lowest BCUT2D eigenvalue weighted by atomic mass is 10.1. The van der Waals surface area contributed by atoms with Crippen LogP contribution in [0.15, 0.2) is 35.3 Å². The first-order valence-electron chi connectivity index (χ1n) is 4.57. The lowest BCUT2D eigenvalue weighted by molar-refractivity contribution is 0.462. The summed E-state index contributed by atoms with van der Waals surface area (Å²) in [5.41, 5.74) is 2.29. The summed E-state index contributed by atoms with van der Waals surface area (Å²) in [5.74, 6) is 0. The average molecular weight is 174 g/mol. The van der Waals surface area contributed by atoms with Gasteiger partial charge in [-0.25, -0.2) is 0 Å². The van der Waals surface area contributed by atoms with Gasteiger partial charge in [0.1, 0.15) is 5.66 Å². The van der Waals surface area contributed by atoms with Gasteiger partial charge < -0.3 is 0 Å². The van der Waals surface area contributed by atoms with E-state index in [0.717, 1.165) is 12.3 Å². The third kappa shape index (κ3) is 1.78. The molecule has 0 saturated heterocycles. The molecule has 0 spiro atoms. The highest BCUT2D eigenvalue weighted by Gasteiger charge is 2.23. The second-order valence-corrected chi connectivity index (χ2v) is 3.84. The van der Waals surface area contributed by atoms with Crippen LogP contribution in [-0.4, -0.2) is 17.9 Å². The Bertz CT molecular complexity index is 325. The van der Waals surface area contributed by atoms with Crippen LogP contribution in [0.2, 0.25) is 0 Å². The van der Waals surface area contributed by atoms with Gasteiger partial charge in [-0.3, -0.25) is 10.3 Å². The zero-order chi connectivity index (χ0) is 9.31. The molecule has 0 aliphatic carbocycles. The predicted octanol–water partition coefficient (Wildman–Crippen LogP) is 1.81. The third-order valence-corrected chi connectivity index (χ3v) is 2.21. The molecule has 0 bridgehead atoms. The fourth-order valence-corrected chi connectivity index (χ4v) is 1.51. The van der Waals surface area contributed by atoms with Gasteiger partial charge in [-0.2, -0.15) is 0 Å². The number of benzene rings is 1. The Morgan fingerprint density at radius 2 is 1.92 bits per heavy atom. The van der Waals surface area contributed by atoms with Crippen LogP contribution in [0, 0.1) is 0 Å². The molecule has 0 unspecified atom stereocenters. The Morgan fingerprint density at radius 1 is 1.23 bits per heavy atom. The Labute approximate surface area is 78.7 Å². The van der Waals surface area contributed by atoms with Crippen LogP contribution in [0.4, 0.5) is 0 Å². The number of hydrogen-bond acceptors (Lipinski definition) is 2. The highest BCUT2D eigenvalue weighted by atomic mass is 15.2. The summed E-state index contributed by atoms with van der Waals surface area (Å²) >= 11 is 0. The fourth-order valence-electron chi connectivity index (χ4n) is 1.51. The molecule has 0 aromatic heterocycles. The molecule has 13 heavy (non-hydrogen) atoms. The minimum atomic E-state index is -0.0921. The van der Waals surface area contributed by atoms with Crippen LogP contribution in [0.1, 0.15) is 19.4 Å². The van der Waals surface area contributed by atoms with Crippen LogP contribution in [0.25, 0.3) is 0 Å². The molecule has 68 valence electrons. The van der Waals surface area contributed by atoms with Gasteiger partial charge in [0.15, 0.2) is 0 Å². The van der Waals surface area contributed by atoms with E-state index in [1.165, 1.54) is 5.56 Å². The SMILES string of the molecule is CC1(C)N=C(c2ccccc2)CN1. The number of hydrogen-bond donors (Lipinski definition) is 1. The number of nitrogens with one attached hydrogen (secondary N) is 1. The average Bonchev–Trinajstić information content (AvgIpc) is 2.48. The van der Waals surface area contributed by atoms with E-state index < -0.39 is 0 Å². The third-order valence-electron chi connectivity index (χ3n) is 2.21. The molecule has 1 N–H and O–H groups in total. The van der Waals surface area contributed by atoms with Crippen LogP contribution in [0.5, 0.6) is 0 Å². The maximum Gasteiger partial charge on any atom is 0.105 e. The van der Waals surface area contributed by atoms with Crippen molar-refractivity contribution in [3.8, 4) is 0 Å². The van der Waals surface area contributed by atoms with E-state index in [2.05, 4.69) is 36.3 Å². The summed E-state index contributed by atoms with van der Waals surface area (Å²) in [7, 11) is 0. The van der Waals surface area contributed by atoms with Gasteiger partial charge in [0, 0.05) is 6.54 Å². The molecule has 1 aliphatic rings. The monoisotopic (exact) mass is 174 g/mol. The summed E-state index contributed by atoms with van der Waals surface area (Å²) in [6.45, 7) is 5.04. The second-order valence-electron chi connectivity index (χ2n) is 3.84. The van der Waals surface area contributed by atoms with Crippen molar-refractivity contribution in [2.24, 2.45) is 4.99 Å². The number of aliphatic imine (C=N–C) groups is 1. The van der Waals surface area contributed by atoms with Gasteiger partial charge in [0.2, 0.25) is 0 Å². The van der Waals surface area contributed by atoms with Crippen LogP contribution >= 0.6 is 0 Å². The van der Waals surface area contributed by atoms with Gasteiger partial charge in [0.25, 0.3) is 0 Å². The Hall–Kier alpha value is -1.15. The summed E-state index contributed by atoms with van der Waals surface area (Å²) in [6.07, 6.45) is 0. The fraction of sp³-hybridized carbons (Fsp3) is 0.364. The lowest BCUT2D eigenvalue weighted by Gasteiger charge is -2.12. The van der Waals surface area contributed by atoms with E-state index in [0.29, 0.717) is 0 Å². The highest BCUT2D eigenvalue weighted by molar-refractivity contribution is 6.03. The molecule has 1 aromatic carbocycles. The normalized spacial score (nSPS) is 20.0. The Balaban J connectivity index is 2.30. The molecule has 2 heteroatoms. The maximum atomic E-state index is 4.60. The minimum absolute atomic E-state index is 0.0921. The van der Waals surface area contributed by atoms with Crippen molar-refractivity contribution in [3.05, 3.63) is 35.9 Å². The standard InChI is InChI=1S/C11H14N2/c1-11(2)12-8-10(13-11)9-6-4-3-5-7-9/h3-7,12H,8H2,1-2H3. The minimum Gasteiger partial charge on any atom is -0.288 e. The second kappa shape index (κ2) is 2.96. The van der Waals surface area contributed by atoms with Crippen molar-refractivity contribution in [1.29, 1.82) is 0 Å². The van der Waals surface area contributed by atoms with E-state index in [4.69, 9.17) is 0 Å². The van der Waals surface area contributed by atoms with Gasteiger partial charge >= 0.3 is 0 Å². The van der Waals surface area contributed by atoms with E-state index in [1.54, 1.807) is 0 Å². The molecule has 0 radical (unpaired) electrons. The topological polar surface area (TPSA) is 24.4 Å². The number of rotatable bonds is 1. The van der Waals surface area contributed by atoms with Crippen molar-refractivity contribution in [2.75, 3.05) is 6.54 Å². The molecule has 0 saturated carbocycles. The lowest BCUT2D eigenvalue weighted by Crippen LogP contribution is -2.32. The summed E-state index contributed by atoms with van der Waals surface area (Å²) in [5, 5.41) is 3.34. The predicted molar refractivity (Wildman–Crippen MR) is 55.1 cm³/mol. The maximum absolute atomic E-state index is 4.60. The molecule has 0 atom stereocenters. The van der Waals surface area contributed by atoms with E-state index in [1.807, 2.05) is 18.2 Å². The molecule has 0 amide bonds. The first-order chi connectivity index (χ1) is 6.17. The van der Waals surface area contributed by atoms with Crippen molar-refractivity contribution in [1.82, 2.24) is 5.32 Å². The van der Waals surface area contributed by atoms with Crippen LogP contribution in [-0.2, 0) is 0 Å². The zero-order valence-electron chi connectivity index (χ0n) is 8.04. The highest BCUT2D eigenvalue weighted by Crippen LogP contribution is 2.14.